The molecule has 98 valence electrons. The minimum atomic E-state index is -0.396. The van der Waals surface area contributed by atoms with Crippen LogP contribution in [0.3, 0.4) is 0 Å². The zero-order valence-corrected chi connectivity index (χ0v) is 10.8. The fraction of sp³-hybridized carbons (Fsp3) is 0.538. The highest BCUT2D eigenvalue weighted by Crippen LogP contribution is 2.19. The van der Waals surface area contributed by atoms with Crippen LogP contribution in [-0.2, 0) is 4.74 Å². The summed E-state index contributed by atoms with van der Waals surface area (Å²) in [5.41, 5.74) is 1.35. The Hall–Kier alpha value is -1.62. The molecule has 1 atom stereocenters. The van der Waals surface area contributed by atoms with Crippen LogP contribution in [0.4, 0.5) is 5.69 Å². The number of aromatic nitrogens is 1. The summed E-state index contributed by atoms with van der Waals surface area (Å²) >= 11 is 0. The highest BCUT2D eigenvalue weighted by Gasteiger charge is 2.19. The SMILES string of the molecule is COC(=O)c1cc(N(C)C2CCCNC2)ccn1. The van der Waals surface area contributed by atoms with E-state index >= 15 is 0 Å². The molecule has 1 saturated heterocycles. The van der Waals surface area contributed by atoms with E-state index in [-0.39, 0.29) is 0 Å². The Kier molecular flexibility index (Phi) is 4.15. The summed E-state index contributed by atoms with van der Waals surface area (Å²) in [4.78, 5) is 17.7. The number of nitrogens with one attached hydrogen (secondary N) is 1. The van der Waals surface area contributed by atoms with Crippen molar-refractivity contribution in [1.82, 2.24) is 10.3 Å². The van der Waals surface area contributed by atoms with Crippen molar-refractivity contribution < 1.29 is 9.53 Å². The smallest absolute Gasteiger partial charge is 0.356 e. The van der Waals surface area contributed by atoms with Crippen molar-refractivity contribution in [3.05, 3.63) is 24.0 Å². The highest BCUT2D eigenvalue weighted by atomic mass is 16.5. The molecule has 0 aliphatic carbocycles. The van der Waals surface area contributed by atoms with Crippen molar-refractivity contribution in [1.29, 1.82) is 0 Å². The average Bonchev–Trinajstić information content (AvgIpc) is 2.46. The molecule has 1 aliphatic heterocycles. The fourth-order valence-corrected chi connectivity index (χ4v) is 2.23. The lowest BCUT2D eigenvalue weighted by atomic mass is 10.1. The first kappa shape index (κ1) is 12.8. The van der Waals surface area contributed by atoms with E-state index < -0.39 is 5.97 Å². The van der Waals surface area contributed by atoms with E-state index in [1.165, 1.54) is 20.0 Å². The molecule has 0 bridgehead atoms. The van der Waals surface area contributed by atoms with Crippen molar-refractivity contribution in [2.45, 2.75) is 18.9 Å². The minimum Gasteiger partial charge on any atom is -0.464 e. The number of ether oxygens (including phenoxy) is 1. The van der Waals surface area contributed by atoms with E-state index in [4.69, 9.17) is 0 Å². The number of nitrogens with zero attached hydrogens (tertiary/aromatic N) is 2. The Morgan fingerprint density at radius 2 is 2.44 bits per heavy atom. The molecular formula is C13H19N3O2. The van der Waals surface area contributed by atoms with E-state index in [0.717, 1.165) is 18.8 Å². The molecule has 5 heteroatoms. The number of esters is 1. The van der Waals surface area contributed by atoms with Crippen LogP contribution in [0.1, 0.15) is 23.3 Å². The van der Waals surface area contributed by atoms with Crippen LogP contribution in [0.2, 0.25) is 0 Å². The molecule has 1 N–H and O–H groups in total. The van der Waals surface area contributed by atoms with E-state index in [1.807, 2.05) is 13.1 Å². The van der Waals surface area contributed by atoms with Gasteiger partial charge in [0.25, 0.3) is 0 Å². The summed E-state index contributed by atoms with van der Waals surface area (Å²) in [5, 5.41) is 3.39. The average molecular weight is 249 g/mol. The van der Waals surface area contributed by atoms with Gasteiger partial charge in [-0.15, -0.1) is 0 Å². The Labute approximate surface area is 107 Å². The number of likely N-dealkylation sites (N-methyl/N-ethyl adjacent to an activating group) is 1. The maximum atomic E-state index is 11.4. The molecular weight excluding hydrogens is 230 g/mol. The third kappa shape index (κ3) is 2.79. The van der Waals surface area contributed by atoms with Crippen LogP contribution in [0.15, 0.2) is 18.3 Å². The molecule has 1 aromatic rings. The molecule has 1 fully saturated rings. The molecule has 1 unspecified atom stereocenters. The highest BCUT2D eigenvalue weighted by molar-refractivity contribution is 5.88. The third-order valence-electron chi connectivity index (χ3n) is 3.36. The van der Waals surface area contributed by atoms with Crippen LogP contribution in [0.5, 0.6) is 0 Å². The monoisotopic (exact) mass is 249 g/mol. The summed E-state index contributed by atoms with van der Waals surface area (Å²) in [5.74, 6) is -0.396. The van der Waals surface area contributed by atoms with Crippen LogP contribution >= 0.6 is 0 Å². The fourth-order valence-electron chi connectivity index (χ4n) is 2.23. The van der Waals surface area contributed by atoms with Gasteiger partial charge in [-0.25, -0.2) is 9.78 Å². The number of piperidine rings is 1. The summed E-state index contributed by atoms with van der Waals surface area (Å²) < 4.78 is 4.68. The number of carbonyl (C=O) groups excluding carboxylic acids is 1. The van der Waals surface area contributed by atoms with Crippen molar-refractivity contribution in [2.24, 2.45) is 0 Å². The van der Waals surface area contributed by atoms with Crippen molar-refractivity contribution in [2.75, 3.05) is 32.1 Å². The van der Waals surface area contributed by atoms with Crippen molar-refractivity contribution in [3.8, 4) is 0 Å². The summed E-state index contributed by atoms with van der Waals surface area (Å²) in [6.45, 7) is 2.07. The number of pyridine rings is 1. The van der Waals surface area contributed by atoms with Crippen molar-refractivity contribution in [3.63, 3.8) is 0 Å². The van der Waals surface area contributed by atoms with Crippen LogP contribution in [-0.4, -0.2) is 44.2 Å². The number of rotatable bonds is 3. The Morgan fingerprint density at radius 3 is 3.11 bits per heavy atom. The standard InChI is InChI=1S/C13H19N3O2/c1-16(11-4-3-6-14-9-11)10-5-7-15-12(8-10)13(17)18-2/h5,7-8,11,14H,3-4,6,9H2,1-2H3. The first-order chi connectivity index (χ1) is 8.72. The Balaban J connectivity index is 2.14. The molecule has 0 amide bonds. The summed E-state index contributed by atoms with van der Waals surface area (Å²) in [6, 6.07) is 4.16. The van der Waals surface area contributed by atoms with Crippen LogP contribution < -0.4 is 10.2 Å². The summed E-state index contributed by atoms with van der Waals surface area (Å²) in [6.07, 6.45) is 4.00. The van der Waals surface area contributed by atoms with Crippen LogP contribution in [0.25, 0.3) is 0 Å². The van der Waals surface area contributed by atoms with Gasteiger partial charge in [-0.05, 0) is 31.5 Å². The molecule has 1 aromatic heterocycles. The second-order valence-corrected chi connectivity index (χ2v) is 4.50. The number of methoxy groups -OCH3 is 1. The van der Waals surface area contributed by atoms with Gasteiger partial charge in [0.15, 0.2) is 0 Å². The Bertz CT molecular complexity index is 416. The van der Waals surface area contributed by atoms with Gasteiger partial charge in [-0.3, -0.25) is 0 Å². The molecule has 5 nitrogen and oxygen atoms in total. The lowest BCUT2D eigenvalue weighted by Crippen LogP contribution is -2.44. The molecule has 2 heterocycles. The molecule has 2 rings (SSSR count). The molecule has 18 heavy (non-hydrogen) atoms. The van der Waals surface area contributed by atoms with E-state index in [0.29, 0.717) is 11.7 Å². The molecule has 0 spiro atoms. The van der Waals surface area contributed by atoms with E-state index in [1.54, 1.807) is 12.3 Å². The van der Waals surface area contributed by atoms with E-state index in [9.17, 15) is 4.79 Å². The van der Waals surface area contributed by atoms with Gasteiger partial charge in [0.1, 0.15) is 5.69 Å². The van der Waals surface area contributed by atoms with Crippen molar-refractivity contribution >= 4 is 11.7 Å². The number of anilines is 1. The maximum absolute atomic E-state index is 11.4. The largest absolute Gasteiger partial charge is 0.464 e. The number of hydrogen-bond acceptors (Lipinski definition) is 5. The predicted molar refractivity (Wildman–Crippen MR) is 69.9 cm³/mol. The van der Waals surface area contributed by atoms with Gasteiger partial charge < -0.3 is 15.0 Å². The first-order valence-electron chi connectivity index (χ1n) is 6.20. The lowest BCUT2D eigenvalue weighted by molar-refractivity contribution is 0.0594. The molecule has 0 saturated carbocycles. The van der Waals surface area contributed by atoms with E-state index in [2.05, 4.69) is 19.9 Å². The zero-order chi connectivity index (χ0) is 13.0. The normalized spacial score (nSPS) is 19.3. The topological polar surface area (TPSA) is 54.5 Å². The molecule has 0 radical (unpaired) electrons. The second kappa shape index (κ2) is 5.82. The number of carbonyl (C=O) groups is 1. The summed E-state index contributed by atoms with van der Waals surface area (Å²) in [7, 11) is 3.42. The second-order valence-electron chi connectivity index (χ2n) is 4.50. The van der Waals surface area contributed by atoms with Gasteiger partial charge in [-0.2, -0.15) is 0 Å². The first-order valence-corrected chi connectivity index (χ1v) is 6.20. The molecule has 0 aromatic carbocycles. The molecule has 1 aliphatic rings. The number of hydrogen-bond donors (Lipinski definition) is 1. The minimum absolute atomic E-state index is 0.352. The van der Waals surface area contributed by atoms with Gasteiger partial charge in [0.2, 0.25) is 0 Å². The van der Waals surface area contributed by atoms with Gasteiger partial charge in [-0.1, -0.05) is 0 Å². The third-order valence-corrected chi connectivity index (χ3v) is 3.36. The maximum Gasteiger partial charge on any atom is 0.356 e. The van der Waals surface area contributed by atoms with Gasteiger partial charge in [0, 0.05) is 31.5 Å². The van der Waals surface area contributed by atoms with Crippen LogP contribution in [0, 0.1) is 0 Å². The zero-order valence-electron chi connectivity index (χ0n) is 10.8. The quantitative estimate of drug-likeness (QED) is 0.812. The van der Waals surface area contributed by atoms with Gasteiger partial charge >= 0.3 is 5.97 Å². The van der Waals surface area contributed by atoms with Gasteiger partial charge in [0.05, 0.1) is 7.11 Å². The Morgan fingerprint density at radius 1 is 1.61 bits per heavy atom. The lowest BCUT2D eigenvalue weighted by Gasteiger charge is -2.33. The predicted octanol–water partition coefficient (Wildman–Crippen LogP) is 1.06.